The minimum Gasteiger partial charge on any atom is -0.467 e. The van der Waals surface area contributed by atoms with Gasteiger partial charge in [0.1, 0.15) is 11.9 Å². The molecule has 9 heteroatoms. The zero-order valence-corrected chi connectivity index (χ0v) is 18.9. The van der Waals surface area contributed by atoms with Crippen molar-refractivity contribution in [3.63, 3.8) is 0 Å². The van der Waals surface area contributed by atoms with Crippen LogP contribution in [0, 0.1) is 0 Å². The average Bonchev–Trinajstić information content (AvgIpc) is 2.80. The van der Waals surface area contributed by atoms with Gasteiger partial charge in [-0.15, -0.1) is 0 Å². The number of aromatic nitrogens is 2. The van der Waals surface area contributed by atoms with Crippen LogP contribution in [0.2, 0.25) is 0 Å². The number of hydrogen-bond acceptors (Lipinski definition) is 7. The molecular weight excluding hydrogens is 408 g/mol. The molecule has 32 heavy (non-hydrogen) atoms. The fourth-order valence-electron chi connectivity index (χ4n) is 3.80. The summed E-state index contributed by atoms with van der Waals surface area (Å²) < 4.78 is 4.86. The van der Waals surface area contributed by atoms with E-state index in [9.17, 15) is 9.59 Å². The van der Waals surface area contributed by atoms with Crippen LogP contribution in [0.15, 0.2) is 42.6 Å². The lowest BCUT2D eigenvalue weighted by atomic mass is 9.91. The van der Waals surface area contributed by atoms with E-state index in [4.69, 9.17) is 4.74 Å². The first-order chi connectivity index (χ1) is 15.4. The zero-order chi connectivity index (χ0) is 22.9. The van der Waals surface area contributed by atoms with Crippen LogP contribution >= 0.6 is 0 Å². The maximum atomic E-state index is 12.5. The van der Waals surface area contributed by atoms with Crippen LogP contribution in [0.25, 0.3) is 0 Å². The monoisotopic (exact) mass is 440 g/mol. The molecule has 1 aliphatic rings. The molecule has 0 unspecified atom stereocenters. The second-order valence-corrected chi connectivity index (χ2v) is 8.21. The third-order valence-electron chi connectivity index (χ3n) is 5.57. The summed E-state index contributed by atoms with van der Waals surface area (Å²) in [6, 6.07) is 10.6. The van der Waals surface area contributed by atoms with Gasteiger partial charge < -0.3 is 25.6 Å². The molecule has 1 atom stereocenters. The van der Waals surface area contributed by atoms with Gasteiger partial charge in [0.25, 0.3) is 0 Å². The van der Waals surface area contributed by atoms with Gasteiger partial charge in [-0.05, 0) is 37.3 Å². The minimum atomic E-state index is -0.735. The predicted molar refractivity (Wildman–Crippen MR) is 124 cm³/mol. The molecule has 1 fully saturated rings. The molecule has 3 N–H and O–H groups in total. The number of benzene rings is 1. The molecule has 1 aromatic heterocycles. The number of amides is 2. The van der Waals surface area contributed by atoms with Crippen molar-refractivity contribution in [1.82, 2.24) is 20.6 Å². The van der Waals surface area contributed by atoms with Gasteiger partial charge in [-0.1, -0.05) is 30.3 Å². The summed E-state index contributed by atoms with van der Waals surface area (Å²) in [4.78, 5) is 35.4. The highest BCUT2D eigenvalue weighted by atomic mass is 16.5. The second-order valence-electron chi connectivity index (χ2n) is 8.21. The Morgan fingerprint density at radius 3 is 2.44 bits per heavy atom. The van der Waals surface area contributed by atoms with E-state index < -0.39 is 12.0 Å². The highest BCUT2D eigenvalue weighted by Gasteiger charge is 2.26. The van der Waals surface area contributed by atoms with Crippen LogP contribution in [0.4, 0.5) is 16.6 Å². The summed E-state index contributed by atoms with van der Waals surface area (Å²) in [5, 5.41) is 9.16. The number of rotatable bonds is 8. The number of nitrogens with zero attached hydrogens (tertiary/aromatic N) is 3. The van der Waals surface area contributed by atoms with Crippen molar-refractivity contribution in [3.8, 4) is 0 Å². The standard InChI is InChI=1S/C23H32N6O3/c1-29(2)20-13-14-24-22(28-20)25-17-9-11-18(12-10-17)26-23(31)27-19(21(30)32-3)15-16-7-5-4-6-8-16/h4-8,13-14,17-19H,9-12,15H2,1-3H3,(H,24,25,28)(H2,26,27,31)/t17?,18?,19-/m0/s1. The van der Waals surface area contributed by atoms with Crippen molar-refractivity contribution in [2.45, 2.75) is 50.2 Å². The fourth-order valence-corrected chi connectivity index (χ4v) is 3.80. The maximum Gasteiger partial charge on any atom is 0.328 e. The molecule has 3 rings (SSSR count). The van der Waals surface area contributed by atoms with Gasteiger partial charge in [0.05, 0.1) is 7.11 Å². The Morgan fingerprint density at radius 2 is 1.78 bits per heavy atom. The summed E-state index contributed by atoms with van der Waals surface area (Å²) in [5.74, 6) is 1.01. The van der Waals surface area contributed by atoms with Crippen LogP contribution in [-0.2, 0) is 16.0 Å². The molecule has 1 aliphatic carbocycles. The molecule has 0 bridgehead atoms. The molecule has 1 saturated carbocycles. The molecule has 0 spiro atoms. The third-order valence-corrected chi connectivity index (χ3v) is 5.57. The highest BCUT2D eigenvalue weighted by molar-refractivity contribution is 5.83. The van der Waals surface area contributed by atoms with Crippen molar-refractivity contribution in [1.29, 1.82) is 0 Å². The lowest BCUT2D eigenvalue weighted by Crippen LogP contribution is -2.51. The average molecular weight is 441 g/mol. The van der Waals surface area contributed by atoms with Crippen molar-refractivity contribution < 1.29 is 14.3 Å². The lowest BCUT2D eigenvalue weighted by molar-refractivity contribution is -0.142. The largest absolute Gasteiger partial charge is 0.467 e. The van der Waals surface area contributed by atoms with Crippen LogP contribution in [0.3, 0.4) is 0 Å². The Morgan fingerprint density at radius 1 is 1.09 bits per heavy atom. The lowest BCUT2D eigenvalue weighted by Gasteiger charge is -2.30. The summed E-state index contributed by atoms with van der Waals surface area (Å²) in [6.45, 7) is 0. The van der Waals surface area contributed by atoms with Gasteiger partial charge in [-0.3, -0.25) is 0 Å². The van der Waals surface area contributed by atoms with Crippen molar-refractivity contribution >= 4 is 23.8 Å². The molecule has 2 amide bonds. The highest BCUT2D eigenvalue weighted by Crippen LogP contribution is 2.21. The van der Waals surface area contributed by atoms with E-state index in [0.717, 1.165) is 37.1 Å². The Hall–Kier alpha value is -3.36. The first-order valence-corrected chi connectivity index (χ1v) is 10.9. The Labute approximate surface area is 189 Å². The first kappa shape index (κ1) is 23.3. The molecule has 0 radical (unpaired) electrons. The molecular formula is C23H32N6O3. The van der Waals surface area contributed by atoms with E-state index in [1.54, 1.807) is 6.20 Å². The first-order valence-electron chi connectivity index (χ1n) is 10.9. The molecule has 0 saturated heterocycles. The van der Waals surface area contributed by atoms with Crippen LogP contribution in [0.1, 0.15) is 31.2 Å². The number of ether oxygens (including phenoxy) is 1. The number of carbonyl (C=O) groups is 2. The SMILES string of the molecule is COC(=O)[C@H](Cc1ccccc1)NC(=O)NC1CCC(Nc2nccc(N(C)C)n2)CC1. The molecule has 2 aromatic rings. The number of esters is 1. The van der Waals surface area contributed by atoms with Crippen LogP contribution in [-0.4, -0.2) is 61.3 Å². The number of nitrogens with one attached hydrogen (secondary N) is 3. The van der Waals surface area contributed by atoms with Gasteiger partial charge in [0.2, 0.25) is 5.95 Å². The number of anilines is 2. The molecule has 0 aliphatic heterocycles. The smallest absolute Gasteiger partial charge is 0.328 e. The van der Waals surface area contributed by atoms with Gasteiger partial charge in [0, 0.05) is 38.8 Å². The van der Waals surface area contributed by atoms with Crippen LogP contribution in [0.5, 0.6) is 0 Å². The molecule has 1 heterocycles. The third kappa shape index (κ3) is 6.83. The van der Waals surface area contributed by atoms with Crippen LogP contribution < -0.4 is 20.9 Å². The Bertz CT molecular complexity index is 884. The zero-order valence-electron chi connectivity index (χ0n) is 18.9. The van der Waals surface area contributed by atoms with Gasteiger partial charge in [-0.25, -0.2) is 14.6 Å². The van der Waals surface area contributed by atoms with E-state index in [1.807, 2.05) is 55.4 Å². The number of methoxy groups -OCH3 is 1. The van der Waals surface area contributed by atoms with Gasteiger partial charge in [0.15, 0.2) is 0 Å². The number of urea groups is 1. The second kappa shape index (κ2) is 11.3. The van der Waals surface area contributed by atoms with E-state index in [2.05, 4.69) is 25.9 Å². The molecule has 9 nitrogen and oxygen atoms in total. The maximum absolute atomic E-state index is 12.5. The fraction of sp³-hybridized carbons (Fsp3) is 0.478. The van der Waals surface area contributed by atoms with E-state index >= 15 is 0 Å². The molecule has 1 aromatic carbocycles. The van der Waals surface area contributed by atoms with Gasteiger partial charge >= 0.3 is 12.0 Å². The number of hydrogen-bond donors (Lipinski definition) is 3. The number of carbonyl (C=O) groups excluding carboxylic acids is 2. The Kier molecular flexibility index (Phi) is 8.24. The normalized spacial score (nSPS) is 18.8. The van der Waals surface area contributed by atoms with Crippen molar-refractivity contribution in [2.75, 3.05) is 31.4 Å². The van der Waals surface area contributed by atoms with E-state index in [0.29, 0.717) is 12.4 Å². The van der Waals surface area contributed by atoms with E-state index in [-0.39, 0.29) is 18.1 Å². The van der Waals surface area contributed by atoms with Crippen molar-refractivity contribution in [2.24, 2.45) is 0 Å². The van der Waals surface area contributed by atoms with Gasteiger partial charge in [-0.2, -0.15) is 4.98 Å². The summed E-state index contributed by atoms with van der Waals surface area (Å²) in [7, 11) is 5.21. The van der Waals surface area contributed by atoms with E-state index in [1.165, 1.54) is 7.11 Å². The summed E-state index contributed by atoms with van der Waals surface area (Å²) >= 11 is 0. The van der Waals surface area contributed by atoms with Crippen molar-refractivity contribution in [3.05, 3.63) is 48.2 Å². The summed E-state index contributed by atoms with van der Waals surface area (Å²) in [6.07, 6.45) is 5.58. The predicted octanol–water partition coefficient (Wildman–Crippen LogP) is 2.35. The topological polar surface area (TPSA) is 108 Å². The molecule has 172 valence electrons. The Balaban J connectivity index is 1.46. The minimum absolute atomic E-state index is 0.0529. The quantitative estimate of drug-likeness (QED) is 0.541. The summed E-state index contributed by atoms with van der Waals surface area (Å²) in [5.41, 5.74) is 0.954.